The summed E-state index contributed by atoms with van der Waals surface area (Å²) in [6.45, 7) is 0. The van der Waals surface area contributed by atoms with Crippen molar-refractivity contribution in [3.05, 3.63) is 259 Å². The Balaban J connectivity index is 1.16. The number of hydrogen-bond acceptors (Lipinski definition) is 2. The molecule has 2 aliphatic rings. The van der Waals surface area contributed by atoms with Crippen LogP contribution >= 0.6 is 0 Å². The Morgan fingerprint density at radius 2 is 0.773 bits per heavy atom. The van der Waals surface area contributed by atoms with Crippen molar-refractivity contribution in [3.63, 3.8) is 0 Å². The summed E-state index contributed by atoms with van der Waals surface area (Å²) in [6.07, 6.45) is 0. The molecule has 0 bridgehead atoms. The quantitative estimate of drug-likeness (QED) is 0.173. The van der Waals surface area contributed by atoms with E-state index in [2.05, 4.69) is 241 Å². The Morgan fingerprint density at radius 3 is 1.38 bits per heavy atom. The van der Waals surface area contributed by atoms with E-state index in [0.29, 0.717) is 5.95 Å². The SMILES string of the molecule is c1ccc(-c2cc(-c3ccccc3)cc(-c3cc(-c4ccccc4)nc(-n4c5ccccc5c5c6ccccc6c6c(c54)C4(c5ccccc5-c5ccccc54)c4ccccc4-6)n3)c2)cc1. The first-order chi connectivity index (χ1) is 32.8. The minimum atomic E-state index is -0.609. The van der Waals surface area contributed by atoms with Crippen LogP contribution in [0.25, 0.3) is 106 Å². The normalized spacial score (nSPS) is 13.0. The second kappa shape index (κ2) is 14.2. The van der Waals surface area contributed by atoms with E-state index in [1.54, 1.807) is 0 Å². The molecule has 0 radical (unpaired) electrons. The summed E-state index contributed by atoms with van der Waals surface area (Å²) in [5.74, 6) is 0.632. The lowest BCUT2D eigenvalue weighted by atomic mass is 9.70. The highest BCUT2D eigenvalue weighted by Gasteiger charge is 2.53. The topological polar surface area (TPSA) is 30.7 Å². The molecule has 1 spiro atoms. The summed E-state index contributed by atoms with van der Waals surface area (Å²) in [4.78, 5) is 11.4. The van der Waals surface area contributed by atoms with Gasteiger partial charge in [-0.05, 0) is 102 Å². The van der Waals surface area contributed by atoms with Gasteiger partial charge in [0.25, 0.3) is 0 Å². The van der Waals surface area contributed by atoms with E-state index >= 15 is 0 Å². The fraction of sp³-hybridized carbons (Fsp3) is 0.0159. The maximum Gasteiger partial charge on any atom is 0.235 e. The zero-order chi connectivity index (χ0) is 43.3. The molecule has 0 amide bonds. The number of nitrogens with zero attached hydrogens (tertiary/aromatic N) is 3. The molecule has 14 rings (SSSR count). The predicted octanol–water partition coefficient (Wildman–Crippen LogP) is 15.7. The number of fused-ring (bicyclic) bond motifs is 17. The lowest BCUT2D eigenvalue weighted by molar-refractivity contribution is 0.796. The van der Waals surface area contributed by atoms with E-state index in [1.807, 2.05) is 0 Å². The van der Waals surface area contributed by atoms with E-state index in [1.165, 1.54) is 66.1 Å². The summed E-state index contributed by atoms with van der Waals surface area (Å²) < 4.78 is 2.40. The van der Waals surface area contributed by atoms with Crippen LogP contribution in [-0.4, -0.2) is 14.5 Å². The van der Waals surface area contributed by atoms with E-state index in [-0.39, 0.29) is 0 Å². The van der Waals surface area contributed by atoms with Crippen LogP contribution in [-0.2, 0) is 5.41 Å². The summed E-state index contributed by atoms with van der Waals surface area (Å²) in [6, 6.07) is 86.1. The molecule has 3 heteroatoms. The molecule has 0 atom stereocenters. The second-order valence-electron chi connectivity index (χ2n) is 17.6. The highest BCUT2D eigenvalue weighted by molar-refractivity contribution is 6.27. The zero-order valence-corrected chi connectivity index (χ0v) is 35.9. The van der Waals surface area contributed by atoms with E-state index in [0.717, 1.165) is 55.8 Å². The van der Waals surface area contributed by atoms with Crippen molar-refractivity contribution in [2.45, 2.75) is 5.41 Å². The lowest BCUT2D eigenvalue weighted by Crippen LogP contribution is -2.26. The standard InChI is InChI=1S/C63H39N3/c1-4-20-40(21-5-1)43-36-44(41-22-6-2-7-23-41)38-45(37-43)56-39-55(42-24-8-3-9-25-42)64-62(65-56)66-57-35-19-15-31-51(57)59-49-29-11-10-28-48(49)58-50-30-14-18-34-54(50)63(60(58)61(59)66)52-32-16-12-26-46(52)47-27-13-17-33-53(47)63/h1-39H. The van der Waals surface area contributed by atoms with Crippen LogP contribution in [0.4, 0.5) is 0 Å². The Hall–Kier alpha value is -8.66. The molecule has 10 aromatic carbocycles. The van der Waals surface area contributed by atoms with Crippen LogP contribution in [0.2, 0.25) is 0 Å². The molecule has 2 aromatic heterocycles. The van der Waals surface area contributed by atoms with Crippen LogP contribution in [0.5, 0.6) is 0 Å². The van der Waals surface area contributed by atoms with Gasteiger partial charge in [-0.25, -0.2) is 9.97 Å². The molecule has 0 saturated carbocycles. The third kappa shape index (κ3) is 5.14. The summed E-state index contributed by atoms with van der Waals surface area (Å²) in [7, 11) is 0. The van der Waals surface area contributed by atoms with Gasteiger partial charge in [0.2, 0.25) is 5.95 Å². The second-order valence-corrected chi connectivity index (χ2v) is 17.6. The first-order valence-corrected chi connectivity index (χ1v) is 22.7. The number of benzene rings is 10. The third-order valence-electron chi connectivity index (χ3n) is 14.2. The molecular weight excluding hydrogens is 799 g/mol. The average Bonchev–Trinajstić information content (AvgIpc) is 4.02. The van der Waals surface area contributed by atoms with Crippen LogP contribution in [0.3, 0.4) is 0 Å². The van der Waals surface area contributed by atoms with Crippen molar-refractivity contribution in [2.75, 3.05) is 0 Å². The zero-order valence-electron chi connectivity index (χ0n) is 35.9. The molecule has 0 aliphatic heterocycles. The van der Waals surface area contributed by atoms with Crippen LogP contribution in [0.1, 0.15) is 22.3 Å². The maximum atomic E-state index is 5.75. The van der Waals surface area contributed by atoms with Gasteiger partial charge in [0.15, 0.2) is 0 Å². The molecule has 2 heterocycles. The van der Waals surface area contributed by atoms with Gasteiger partial charge in [-0.15, -0.1) is 0 Å². The summed E-state index contributed by atoms with van der Waals surface area (Å²) in [5.41, 5.74) is 20.2. The van der Waals surface area contributed by atoms with E-state index in [9.17, 15) is 0 Å². The number of hydrogen-bond donors (Lipinski definition) is 0. The average molecular weight is 838 g/mol. The smallest absolute Gasteiger partial charge is 0.235 e. The molecule has 0 fully saturated rings. The third-order valence-corrected chi connectivity index (χ3v) is 14.2. The fourth-order valence-electron chi connectivity index (χ4n) is 11.5. The Kier molecular flexibility index (Phi) is 7.90. The van der Waals surface area contributed by atoms with Gasteiger partial charge in [-0.3, -0.25) is 4.57 Å². The highest BCUT2D eigenvalue weighted by atomic mass is 15.2. The van der Waals surface area contributed by atoms with Crippen molar-refractivity contribution >= 4 is 32.6 Å². The van der Waals surface area contributed by atoms with Crippen LogP contribution < -0.4 is 0 Å². The molecule has 66 heavy (non-hydrogen) atoms. The Labute approximate surface area is 382 Å². The van der Waals surface area contributed by atoms with Crippen LogP contribution in [0, 0.1) is 0 Å². The molecule has 0 unspecified atom stereocenters. The van der Waals surface area contributed by atoms with Gasteiger partial charge in [0.1, 0.15) is 0 Å². The number of rotatable bonds is 5. The van der Waals surface area contributed by atoms with Crippen LogP contribution in [0.15, 0.2) is 237 Å². The van der Waals surface area contributed by atoms with Crippen molar-refractivity contribution in [1.29, 1.82) is 0 Å². The summed E-state index contributed by atoms with van der Waals surface area (Å²) >= 11 is 0. The van der Waals surface area contributed by atoms with Crippen molar-refractivity contribution in [1.82, 2.24) is 14.5 Å². The number of para-hydroxylation sites is 1. The van der Waals surface area contributed by atoms with Gasteiger partial charge in [-0.2, -0.15) is 0 Å². The summed E-state index contributed by atoms with van der Waals surface area (Å²) in [5, 5.41) is 4.85. The van der Waals surface area contributed by atoms with Gasteiger partial charge < -0.3 is 0 Å². The molecule has 0 saturated heterocycles. The molecule has 0 N–H and O–H groups in total. The maximum absolute atomic E-state index is 5.75. The predicted molar refractivity (Wildman–Crippen MR) is 272 cm³/mol. The van der Waals surface area contributed by atoms with Gasteiger partial charge in [-0.1, -0.05) is 206 Å². The minimum Gasteiger partial charge on any atom is -0.278 e. The van der Waals surface area contributed by atoms with Gasteiger partial charge in [0, 0.05) is 27.5 Å². The van der Waals surface area contributed by atoms with Crippen molar-refractivity contribution < 1.29 is 0 Å². The highest BCUT2D eigenvalue weighted by Crippen LogP contribution is 2.66. The minimum absolute atomic E-state index is 0.609. The monoisotopic (exact) mass is 837 g/mol. The molecule has 12 aromatic rings. The van der Waals surface area contributed by atoms with E-state index < -0.39 is 5.41 Å². The lowest BCUT2D eigenvalue weighted by Gasteiger charge is -2.31. The number of aromatic nitrogens is 3. The molecule has 2 aliphatic carbocycles. The largest absolute Gasteiger partial charge is 0.278 e. The van der Waals surface area contributed by atoms with E-state index in [4.69, 9.17) is 9.97 Å². The fourth-order valence-corrected chi connectivity index (χ4v) is 11.5. The molecular formula is C63H39N3. The molecule has 306 valence electrons. The first-order valence-electron chi connectivity index (χ1n) is 22.7. The molecule has 3 nitrogen and oxygen atoms in total. The van der Waals surface area contributed by atoms with Crippen molar-refractivity contribution in [3.8, 4) is 73.0 Å². The Morgan fingerprint density at radius 1 is 0.333 bits per heavy atom. The first kappa shape index (κ1) is 36.8. The van der Waals surface area contributed by atoms with Crippen molar-refractivity contribution in [2.24, 2.45) is 0 Å². The van der Waals surface area contributed by atoms with Gasteiger partial charge in [0.05, 0.1) is 27.8 Å². The van der Waals surface area contributed by atoms with Gasteiger partial charge >= 0.3 is 0 Å². The Bertz CT molecular complexity index is 3820.